The molecule has 0 aromatic heterocycles. The van der Waals surface area contributed by atoms with Crippen LogP contribution in [0, 0.1) is 5.92 Å². The summed E-state index contributed by atoms with van der Waals surface area (Å²) in [7, 11) is 0. The van der Waals surface area contributed by atoms with E-state index in [2.05, 4.69) is 0 Å². The van der Waals surface area contributed by atoms with Gasteiger partial charge in [-0.15, -0.1) is 12.4 Å². The van der Waals surface area contributed by atoms with Crippen LogP contribution in [0.2, 0.25) is 0 Å². The Labute approximate surface area is 111 Å². The molecule has 1 atom stereocenters. The molecule has 1 saturated carbocycles. The minimum absolute atomic E-state index is 0. The zero-order valence-corrected chi connectivity index (χ0v) is 11.4. The van der Waals surface area contributed by atoms with Gasteiger partial charge in [0, 0.05) is 25.6 Å². The molecule has 1 unspecified atom stereocenters. The second kappa shape index (κ2) is 7.22. The first-order chi connectivity index (χ1) is 7.75. The lowest BCUT2D eigenvalue weighted by Gasteiger charge is -2.20. The number of hydrogen-bond donors (Lipinski definition) is 1. The van der Waals surface area contributed by atoms with Gasteiger partial charge < -0.3 is 10.6 Å². The number of hydrogen-bond acceptors (Lipinski definition) is 2. The molecule has 0 spiro atoms. The molecule has 100 valence electrons. The van der Waals surface area contributed by atoms with E-state index in [0.29, 0.717) is 11.8 Å². The van der Waals surface area contributed by atoms with E-state index < -0.39 is 0 Å². The van der Waals surface area contributed by atoms with Gasteiger partial charge >= 0.3 is 0 Å². The average Bonchev–Trinajstić information content (AvgIpc) is 2.54. The maximum Gasteiger partial charge on any atom is 0.222 e. The molecule has 0 aromatic rings. The molecule has 1 heterocycles. The van der Waals surface area contributed by atoms with E-state index in [9.17, 15) is 4.79 Å². The van der Waals surface area contributed by atoms with Gasteiger partial charge in [-0.25, -0.2) is 0 Å². The van der Waals surface area contributed by atoms with Crippen LogP contribution >= 0.6 is 12.4 Å². The van der Waals surface area contributed by atoms with E-state index >= 15 is 0 Å². The molecule has 17 heavy (non-hydrogen) atoms. The van der Waals surface area contributed by atoms with Crippen LogP contribution in [-0.2, 0) is 4.79 Å². The molecule has 2 rings (SSSR count). The number of likely N-dealkylation sites (tertiary alicyclic amines) is 1. The van der Waals surface area contributed by atoms with Crippen molar-refractivity contribution in [2.45, 2.75) is 57.4 Å². The van der Waals surface area contributed by atoms with Crippen LogP contribution in [0.3, 0.4) is 0 Å². The topological polar surface area (TPSA) is 46.3 Å². The summed E-state index contributed by atoms with van der Waals surface area (Å²) in [6, 6.07) is 0.220. The Balaban J connectivity index is 0.00000144. The number of rotatable bonds is 2. The fraction of sp³-hybridized carbons (Fsp3) is 0.923. The Kier molecular flexibility index (Phi) is 6.28. The molecular formula is C13H25ClN2O. The van der Waals surface area contributed by atoms with E-state index in [1.165, 1.54) is 38.5 Å². The lowest BCUT2D eigenvalue weighted by molar-refractivity contribution is -0.131. The minimum atomic E-state index is 0. The first-order valence-electron chi connectivity index (χ1n) is 6.79. The van der Waals surface area contributed by atoms with Crippen LogP contribution in [0.5, 0.6) is 0 Å². The molecule has 2 fully saturated rings. The fourth-order valence-corrected chi connectivity index (χ4v) is 2.96. The molecule has 3 nitrogen and oxygen atoms in total. The standard InChI is InChI=1S/C13H24N2O.ClH/c14-12-7-8-15(10-12)13(16)9-11-5-3-1-2-4-6-11;/h11-12H,1-10,14H2;1H. The molecule has 0 radical (unpaired) electrons. The largest absolute Gasteiger partial charge is 0.341 e. The van der Waals surface area contributed by atoms with Crippen molar-refractivity contribution in [2.75, 3.05) is 13.1 Å². The van der Waals surface area contributed by atoms with Crippen molar-refractivity contribution in [3.05, 3.63) is 0 Å². The lowest BCUT2D eigenvalue weighted by Crippen LogP contribution is -2.32. The van der Waals surface area contributed by atoms with Gasteiger partial charge in [0.05, 0.1) is 0 Å². The van der Waals surface area contributed by atoms with Crippen LogP contribution in [-0.4, -0.2) is 29.9 Å². The molecule has 2 aliphatic rings. The molecule has 1 aliphatic heterocycles. The zero-order valence-electron chi connectivity index (χ0n) is 10.6. The van der Waals surface area contributed by atoms with Crippen molar-refractivity contribution in [1.82, 2.24) is 4.90 Å². The lowest BCUT2D eigenvalue weighted by atomic mass is 9.96. The third-order valence-corrected chi connectivity index (χ3v) is 4.02. The van der Waals surface area contributed by atoms with Crippen molar-refractivity contribution in [3.63, 3.8) is 0 Å². The molecule has 1 saturated heterocycles. The van der Waals surface area contributed by atoms with Crippen LogP contribution < -0.4 is 5.73 Å². The Morgan fingerprint density at radius 3 is 2.29 bits per heavy atom. The molecule has 1 amide bonds. The predicted octanol–water partition coefficient (Wildman–Crippen LogP) is 2.33. The van der Waals surface area contributed by atoms with Crippen molar-refractivity contribution >= 4 is 18.3 Å². The van der Waals surface area contributed by atoms with Crippen molar-refractivity contribution in [2.24, 2.45) is 11.7 Å². The van der Waals surface area contributed by atoms with Crippen molar-refractivity contribution in [3.8, 4) is 0 Å². The maximum atomic E-state index is 12.0. The summed E-state index contributed by atoms with van der Waals surface area (Å²) >= 11 is 0. The van der Waals surface area contributed by atoms with Gasteiger partial charge in [-0.2, -0.15) is 0 Å². The molecule has 0 aromatic carbocycles. The summed E-state index contributed by atoms with van der Waals surface area (Å²) in [5.74, 6) is 0.992. The second-order valence-corrected chi connectivity index (χ2v) is 5.45. The van der Waals surface area contributed by atoms with E-state index in [1.807, 2.05) is 4.90 Å². The Hall–Kier alpha value is -0.280. The predicted molar refractivity (Wildman–Crippen MR) is 72.2 cm³/mol. The number of amides is 1. The van der Waals surface area contributed by atoms with Gasteiger partial charge in [0.25, 0.3) is 0 Å². The van der Waals surface area contributed by atoms with Crippen LogP contribution in [0.25, 0.3) is 0 Å². The van der Waals surface area contributed by atoms with Gasteiger partial charge in [0.2, 0.25) is 5.91 Å². The SMILES string of the molecule is Cl.NC1CCN(C(=O)CC2CCCCCC2)C1. The second-order valence-electron chi connectivity index (χ2n) is 5.45. The fourth-order valence-electron chi connectivity index (χ4n) is 2.96. The highest BCUT2D eigenvalue weighted by Gasteiger charge is 2.25. The Morgan fingerprint density at radius 1 is 1.12 bits per heavy atom. The summed E-state index contributed by atoms with van der Waals surface area (Å²) in [5.41, 5.74) is 5.83. The summed E-state index contributed by atoms with van der Waals surface area (Å²) in [6.45, 7) is 1.66. The van der Waals surface area contributed by atoms with Gasteiger partial charge in [-0.05, 0) is 25.2 Å². The monoisotopic (exact) mass is 260 g/mol. The maximum absolute atomic E-state index is 12.0. The van der Waals surface area contributed by atoms with Gasteiger partial charge in [0.15, 0.2) is 0 Å². The van der Waals surface area contributed by atoms with E-state index in [4.69, 9.17) is 5.73 Å². The van der Waals surface area contributed by atoms with Gasteiger partial charge in [0.1, 0.15) is 0 Å². The molecule has 4 heteroatoms. The van der Waals surface area contributed by atoms with Crippen LogP contribution in [0.4, 0.5) is 0 Å². The van der Waals surface area contributed by atoms with E-state index in [0.717, 1.165) is 25.9 Å². The zero-order chi connectivity index (χ0) is 11.4. The van der Waals surface area contributed by atoms with E-state index in [1.54, 1.807) is 0 Å². The molecule has 1 aliphatic carbocycles. The highest BCUT2D eigenvalue weighted by Crippen LogP contribution is 2.26. The van der Waals surface area contributed by atoms with Crippen molar-refractivity contribution in [1.29, 1.82) is 0 Å². The minimum Gasteiger partial charge on any atom is -0.341 e. The number of carbonyl (C=O) groups is 1. The Bertz CT molecular complexity index is 240. The highest BCUT2D eigenvalue weighted by molar-refractivity contribution is 5.85. The summed E-state index contributed by atoms with van der Waals surface area (Å²) < 4.78 is 0. The average molecular weight is 261 g/mol. The summed E-state index contributed by atoms with van der Waals surface area (Å²) in [6.07, 6.45) is 9.62. The Morgan fingerprint density at radius 2 is 1.76 bits per heavy atom. The highest BCUT2D eigenvalue weighted by atomic mass is 35.5. The van der Waals surface area contributed by atoms with Gasteiger partial charge in [-0.3, -0.25) is 4.79 Å². The third-order valence-electron chi connectivity index (χ3n) is 4.02. The number of halogens is 1. The molecule has 2 N–H and O–H groups in total. The van der Waals surface area contributed by atoms with Crippen LogP contribution in [0.1, 0.15) is 51.4 Å². The third kappa shape index (κ3) is 4.47. The van der Waals surface area contributed by atoms with Crippen molar-refractivity contribution < 1.29 is 4.79 Å². The smallest absolute Gasteiger partial charge is 0.222 e. The summed E-state index contributed by atoms with van der Waals surface area (Å²) in [5, 5.41) is 0. The summed E-state index contributed by atoms with van der Waals surface area (Å²) in [4.78, 5) is 14.0. The van der Waals surface area contributed by atoms with E-state index in [-0.39, 0.29) is 18.4 Å². The van der Waals surface area contributed by atoms with Crippen LogP contribution in [0.15, 0.2) is 0 Å². The first-order valence-corrected chi connectivity index (χ1v) is 6.79. The molecule has 0 bridgehead atoms. The number of carbonyl (C=O) groups excluding carboxylic acids is 1. The quantitative estimate of drug-likeness (QED) is 0.775. The first kappa shape index (κ1) is 14.8. The molecular weight excluding hydrogens is 236 g/mol. The normalized spacial score (nSPS) is 26.4. The number of nitrogens with two attached hydrogens (primary N) is 1. The van der Waals surface area contributed by atoms with Gasteiger partial charge in [-0.1, -0.05) is 25.7 Å². The number of nitrogens with zero attached hydrogens (tertiary/aromatic N) is 1.